The molecule has 0 unspecified atom stereocenters. The second-order valence-corrected chi connectivity index (χ2v) is 4.20. The van der Waals surface area contributed by atoms with Crippen molar-refractivity contribution in [1.82, 2.24) is 5.43 Å². The summed E-state index contributed by atoms with van der Waals surface area (Å²) in [6.07, 6.45) is 6.46. The molecule has 0 aromatic heterocycles. The van der Waals surface area contributed by atoms with Crippen LogP contribution in [0.25, 0.3) is 0 Å². The molecule has 0 spiro atoms. The lowest BCUT2D eigenvalue weighted by Crippen LogP contribution is -2.28. The normalized spacial score (nSPS) is 9.94. The third kappa shape index (κ3) is 6.61. The molecule has 17 heavy (non-hydrogen) atoms. The van der Waals surface area contributed by atoms with Gasteiger partial charge >= 0.3 is 0 Å². The van der Waals surface area contributed by atoms with Crippen LogP contribution in [0.15, 0.2) is 30.3 Å². The number of carbonyl (C=O) groups is 1. The summed E-state index contributed by atoms with van der Waals surface area (Å²) < 4.78 is 0. The van der Waals surface area contributed by atoms with Crippen LogP contribution in [0.1, 0.15) is 45.4 Å². The predicted molar refractivity (Wildman–Crippen MR) is 71.6 cm³/mol. The average Bonchev–Trinajstić information content (AvgIpc) is 2.37. The zero-order valence-corrected chi connectivity index (χ0v) is 10.5. The second-order valence-electron chi connectivity index (χ2n) is 4.20. The molecule has 0 radical (unpaired) electrons. The van der Waals surface area contributed by atoms with Crippen molar-refractivity contribution in [2.24, 2.45) is 0 Å². The molecule has 1 aromatic carbocycles. The Kier molecular flexibility index (Phi) is 6.87. The summed E-state index contributed by atoms with van der Waals surface area (Å²) in [5, 5.41) is 0. The van der Waals surface area contributed by atoms with Crippen LogP contribution >= 0.6 is 0 Å². The Morgan fingerprint density at radius 3 is 2.47 bits per heavy atom. The Hall–Kier alpha value is -1.51. The molecule has 3 heteroatoms. The highest BCUT2D eigenvalue weighted by Gasteiger charge is 1.99. The summed E-state index contributed by atoms with van der Waals surface area (Å²) in [5.74, 6) is 0.0605. The molecule has 94 valence electrons. The molecule has 1 amide bonds. The van der Waals surface area contributed by atoms with Gasteiger partial charge in [-0.1, -0.05) is 50.8 Å². The lowest BCUT2D eigenvalue weighted by Gasteiger charge is -2.07. The molecule has 2 N–H and O–H groups in total. The Balaban J connectivity index is 2.05. The molecule has 1 rings (SSSR count). The molecule has 0 aliphatic rings. The van der Waals surface area contributed by atoms with Crippen molar-refractivity contribution >= 4 is 11.6 Å². The van der Waals surface area contributed by atoms with Crippen LogP contribution in [0.5, 0.6) is 0 Å². The van der Waals surface area contributed by atoms with E-state index >= 15 is 0 Å². The number of amides is 1. The number of nitrogens with one attached hydrogen (secondary N) is 2. The van der Waals surface area contributed by atoms with E-state index in [9.17, 15) is 4.79 Å². The van der Waals surface area contributed by atoms with Crippen LogP contribution in [-0.2, 0) is 4.79 Å². The number of rotatable bonds is 8. The average molecular weight is 234 g/mol. The molecule has 0 bridgehead atoms. The van der Waals surface area contributed by atoms with Gasteiger partial charge in [0.1, 0.15) is 0 Å². The standard InChI is InChI=1S/C14H22N2O/c1-2-3-4-5-9-12-14(17)16-15-13-10-7-6-8-11-13/h6-8,10-11,15H,2-5,9,12H2,1H3,(H,16,17). The first-order valence-electron chi connectivity index (χ1n) is 6.43. The molecule has 1 aromatic rings. The maximum absolute atomic E-state index is 11.5. The van der Waals surface area contributed by atoms with Crippen molar-refractivity contribution < 1.29 is 4.79 Å². The molecule has 0 heterocycles. The maximum Gasteiger partial charge on any atom is 0.238 e. The van der Waals surface area contributed by atoms with Crippen molar-refractivity contribution in [2.45, 2.75) is 45.4 Å². The van der Waals surface area contributed by atoms with Crippen molar-refractivity contribution in [3.63, 3.8) is 0 Å². The van der Waals surface area contributed by atoms with Crippen LogP contribution in [-0.4, -0.2) is 5.91 Å². The van der Waals surface area contributed by atoms with Gasteiger partial charge in [-0.2, -0.15) is 0 Å². The summed E-state index contributed by atoms with van der Waals surface area (Å²) in [5.41, 5.74) is 6.51. The van der Waals surface area contributed by atoms with E-state index in [1.165, 1.54) is 19.3 Å². The largest absolute Gasteiger partial charge is 0.299 e. The Bertz CT molecular complexity index is 311. The fraction of sp³-hybridized carbons (Fsp3) is 0.500. The Morgan fingerprint density at radius 2 is 1.76 bits per heavy atom. The van der Waals surface area contributed by atoms with Gasteiger partial charge in [0, 0.05) is 6.42 Å². The third-order valence-corrected chi connectivity index (χ3v) is 2.63. The van der Waals surface area contributed by atoms with Crippen LogP contribution in [0.4, 0.5) is 5.69 Å². The molecule has 0 aliphatic heterocycles. The minimum atomic E-state index is 0.0605. The number of unbranched alkanes of at least 4 members (excludes halogenated alkanes) is 4. The first-order valence-corrected chi connectivity index (χ1v) is 6.43. The molecule has 0 saturated carbocycles. The number of para-hydroxylation sites is 1. The topological polar surface area (TPSA) is 41.1 Å². The molecule has 3 nitrogen and oxygen atoms in total. The summed E-state index contributed by atoms with van der Waals surface area (Å²) >= 11 is 0. The summed E-state index contributed by atoms with van der Waals surface area (Å²) in [4.78, 5) is 11.5. The number of carbonyl (C=O) groups excluding carboxylic acids is 1. The molecular weight excluding hydrogens is 212 g/mol. The fourth-order valence-corrected chi connectivity index (χ4v) is 1.61. The third-order valence-electron chi connectivity index (χ3n) is 2.63. The van der Waals surface area contributed by atoms with Gasteiger partial charge in [-0.3, -0.25) is 15.6 Å². The molecule has 0 aliphatic carbocycles. The minimum Gasteiger partial charge on any atom is -0.299 e. The van der Waals surface area contributed by atoms with E-state index in [1.807, 2.05) is 30.3 Å². The predicted octanol–water partition coefficient (Wildman–Crippen LogP) is 3.49. The minimum absolute atomic E-state index is 0.0605. The van der Waals surface area contributed by atoms with Crippen molar-refractivity contribution in [3.8, 4) is 0 Å². The maximum atomic E-state index is 11.5. The number of benzene rings is 1. The van der Waals surface area contributed by atoms with Gasteiger partial charge in [0.2, 0.25) is 5.91 Å². The first kappa shape index (κ1) is 13.6. The molecule has 0 saturated heterocycles. The first-order chi connectivity index (χ1) is 8.33. The van der Waals surface area contributed by atoms with Crippen LogP contribution in [0.3, 0.4) is 0 Å². The summed E-state index contributed by atoms with van der Waals surface area (Å²) in [6.45, 7) is 2.19. The zero-order valence-electron chi connectivity index (χ0n) is 10.5. The number of anilines is 1. The van der Waals surface area contributed by atoms with Crippen LogP contribution < -0.4 is 10.9 Å². The Labute approximate surface area is 104 Å². The van der Waals surface area contributed by atoms with Gasteiger partial charge in [0.05, 0.1) is 5.69 Å². The van der Waals surface area contributed by atoms with E-state index in [-0.39, 0.29) is 5.91 Å². The monoisotopic (exact) mass is 234 g/mol. The second kappa shape index (κ2) is 8.62. The summed E-state index contributed by atoms with van der Waals surface area (Å²) in [6, 6.07) is 9.64. The number of hydrazine groups is 1. The van der Waals surface area contributed by atoms with Crippen molar-refractivity contribution in [2.75, 3.05) is 5.43 Å². The van der Waals surface area contributed by atoms with E-state index in [0.29, 0.717) is 6.42 Å². The number of hydrogen-bond donors (Lipinski definition) is 2. The Morgan fingerprint density at radius 1 is 1.06 bits per heavy atom. The molecular formula is C14H22N2O. The van der Waals surface area contributed by atoms with E-state index in [0.717, 1.165) is 18.5 Å². The van der Waals surface area contributed by atoms with Crippen molar-refractivity contribution in [1.29, 1.82) is 0 Å². The SMILES string of the molecule is CCCCCCCC(=O)NNc1ccccc1. The number of hydrogen-bond acceptors (Lipinski definition) is 2. The molecule has 0 atom stereocenters. The molecule has 0 fully saturated rings. The zero-order chi connectivity index (χ0) is 12.3. The highest BCUT2D eigenvalue weighted by atomic mass is 16.2. The van der Waals surface area contributed by atoms with Gasteiger partial charge in [0.25, 0.3) is 0 Å². The summed E-state index contributed by atoms with van der Waals surface area (Å²) in [7, 11) is 0. The fourth-order valence-electron chi connectivity index (χ4n) is 1.61. The lowest BCUT2D eigenvalue weighted by molar-refractivity contribution is -0.120. The van der Waals surface area contributed by atoms with Gasteiger partial charge in [-0.25, -0.2) is 0 Å². The van der Waals surface area contributed by atoms with E-state index in [2.05, 4.69) is 17.8 Å². The van der Waals surface area contributed by atoms with Crippen LogP contribution in [0.2, 0.25) is 0 Å². The quantitative estimate of drug-likeness (QED) is 0.534. The highest BCUT2D eigenvalue weighted by Crippen LogP contribution is 2.05. The van der Waals surface area contributed by atoms with Gasteiger partial charge in [-0.15, -0.1) is 0 Å². The van der Waals surface area contributed by atoms with Gasteiger partial charge < -0.3 is 0 Å². The van der Waals surface area contributed by atoms with Gasteiger partial charge in [-0.05, 0) is 18.6 Å². The van der Waals surface area contributed by atoms with Gasteiger partial charge in [0.15, 0.2) is 0 Å². The van der Waals surface area contributed by atoms with E-state index in [4.69, 9.17) is 0 Å². The van der Waals surface area contributed by atoms with E-state index in [1.54, 1.807) is 0 Å². The highest BCUT2D eigenvalue weighted by molar-refractivity contribution is 5.77. The smallest absolute Gasteiger partial charge is 0.238 e. The van der Waals surface area contributed by atoms with Crippen LogP contribution in [0, 0.1) is 0 Å². The lowest BCUT2D eigenvalue weighted by atomic mass is 10.1. The van der Waals surface area contributed by atoms with E-state index < -0.39 is 0 Å². The van der Waals surface area contributed by atoms with Crippen molar-refractivity contribution in [3.05, 3.63) is 30.3 Å².